The monoisotopic (exact) mass is 287 g/mol. The summed E-state index contributed by atoms with van der Waals surface area (Å²) in [5, 5.41) is 0. The van der Waals surface area contributed by atoms with Gasteiger partial charge in [-0.2, -0.15) is 13.9 Å². The predicted molar refractivity (Wildman–Crippen MR) is 68.8 cm³/mol. The minimum atomic E-state index is -4.04. The molecule has 1 N–H and O–H groups in total. The molecule has 1 amide bonds. The van der Waals surface area contributed by atoms with E-state index in [1.54, 1.807) is 38.4 Å². The Balaban J connectivity index is 2.66. The maximum absolute atomic E-state index is 11.7. The normalized spacial score (nSPS) is 12.0. The van der Waals surface area contributed by atoms with Gasteiger partial charge in [0, 0.05) is 0 Å². The van der Waals surface area contributed by atoms with E-state index < -0.39 is 21.8 Å². The van der Waals surface area contributed by atoms with Crippen molar-refractivity contribution in [1.29, 1.82) is 0 Å². The van der Waals surface area contributed by atoms with E-state index in [0.29, 0.717) is 0 Å². The van der Waals surface area contributed by atoms with E-state index in [-0.39, 0.29) is 4.90 Å². The maximum atomic E-state index is 11.7. The van der Waals surface area contributed by atoms with Gasteiger partial charge in [0.2, 0.25) is 0 Å². The SMILES string of the molecule is Cc1ccc(S(=O)(=O)ONC(=O)OC(C)(C)C)cc1. The molecular weight excluding hydrogens is 270 g/mol. The first-order valence-electron chi connectivity index (χ1n) is 5.59. The lowest BCUT2D eigenvalue weighted by Crippen LogP contribution is -2.34. The third-order valence-electron chi connectivity index (χ3n) is 1.94. The van der Waals surface area contributed by atoms with Gasteiger partial charge in [0.15, 0.2) is 0 Å². The van der Waals surface area contributed by atoms with Gasteiger partial charge in [0.25, 0.3) is 0 Å². The Hall–Kier alpha value is -1.60. The van der Waals surface area contributed by atoms with Crippen LogP contribution >= 0.6 is 0 Å². The number of amides is 1. The average Bonchev–Trinajstić information content (AvgIpc) is 2.25. The first kappa shape index (κ1) is 15.5. The van der Waals surface area contributed by atoms with Crippen molar-refractivity contribution in [2.75, 3.05) is 0 Å². The number of nitrogens with one attached hydrogen (secondary N) is 1. The van der Waals surface area contributed by atoms with Crippen LogP contribution in [0.2, 0.25) is 0 Å². The van der Waals surface area contributed by atoms with Crippen LogP contribution < -0.4 is 5.48 Å². The second-order valence-electron chi connectivity index (χ2n) is 4.95. The van der Waals surface area contributed by atoms with Gasteiger partial charge in [-0.3, -0.25) is 0 Å². The third-order valence-corrected chi connectivity index (χ3v) is 3.10. The molecule has 19 heavy (non-hydrogen) atoms. The molecule has 0 fully saturated rings. The quantitative estimate of drug-likeness (QED) is 0.861. The van der Waals surface area contributed by atoms with Crippen LogP contribution in [-0.4, -0.2) is 20.1 Å². The van der Waals surface area contributed by atoms with Crippen molar-refractivity contribution >= 4 is 16.2 Å². The van der Waals surface area contributed by atoms with Crippen molar-refractivity contribution in [3.63, 3.8) is 0 Å². The maximum Gasteiger partial charge on any atom is 0.432 e. The Morgan fingerprint density at radius 2 is 1.68 bits per heavy atom. The molecule has 0 aliphatic rings. The second-order valence-corrected chi connectivity index (χ2v) is 6.50. The summed E-state index contributed by atoms with van der Waals surface area (Å²) in [6, 6.07) is 6.04. The summed E-state index contributed by atoms with van der Waals surface area (Å²) in [4.78, 5) is 11.2. The zero-order valence-electron chi connectivity index (χ0n) is 11.3. The lowest BCUT2D eigenvalue weighted by Gasteiger charge is -2.19. The van der Waals surface area contributed by atoms with Crippen LogP contribution in [0.5, 0.6) is 0 Å². The van der Waals surface area contributed by atoms with Crippen LogP contribution in [0.4, 0.5) is 4.79 Å². The highest BCUT2D eigenvalue weighted by Gasteiger charge is 2.20. The summed E-state index contributed by atoms with van der Waals surface area (Å²) in [7, 11) is -4.04. The van der Waals surface area contributed by atoms with E-state index in [1.807, 2.05) is 6.92 Å². The largest absolute Gasteiger partial charge is 0.442 e. The number of ether oxygens (including phenoxy) is 1. The summed E-state index contributed by atoms with van der Waals surface area (Å²) in [6.07, 6.45) is -0.969. The van der Waals surface area contributed by atoms with E-state index in [0.717, 1.165) is 5.56 Å². The van der Waals surface area contributed by atoms with E-state index in [2.05, 4.69) is 4.28 Å². The summed E-state index contributed by atoms with van der Waals surface area (Å²) in [6.45, 7) is 6.79. The van der Waals surface area contributed by atoms with Crippen LogP contribution in [0.15, 0.2) is 29.2 Å². The number of carbonyl (C=O) groups is 1. The highest BCUT2D eigenvalue weighted by Crippen LogP contribution is 2.12. The summed E-state index contributed by atoms with van der Waals surface area (Å²) >= 11 is 0. The standard InChI is InChI=1S/C12H17NO5S/c1-9-5-7-10(8-6-9)19(15,16)18-13-11(14)17-12(2,3)4/h5-8H,1-4H3,(H,13,14). The van der Waals surface area contributed by atoms with E-state index in [4.69, 9.17) is 4.74 Å². The molecule has 0 spiro atoms. The number of hydrogen-bond acceptors (Lipinski definition) is 5. The van der Waals surface area contributed by atoms with Crippen LogP contribution in [-0.2, 0) is 19.1 Å². The van der Waals surface area contributed by atoms with Gasteiger partial charge in [-0.1, -0.05) is 17.7 Å². The molecule has 0 saturated carbocycles. The smallest absolute Gasteiger partial charge is 0.432 e. The Morgan fingerprint density at radius 1 is 1.16 bits per heavy atom. The molecule has 0 radical (unpaired) electrons. The molecule has 1 aromatic rings. The molecule has 1 aromatic carbocycles. The third kappa shape index (κ3) is 5.27. The molecule has 1 rings (SSSR count). The Kier molecular flexibility index (Phi) is 4.54. The van der Waals surface area contributed by atoms with Crippen molar-refractivity contribution in [2.24, 2.45) is 0 Å². The molecule has 0 aromatic heterocycles. The van der Waals surface area contributed by atoms with Gasteiger partial charge in [-0.15, -0.1) is 4.28 Å². The van der Waals surface area contributed by atoms with Gasteiger partial charge >= 0.3 is 16.2 Å². The number of rotatable bonds is 3. The highest BCUT2D eigenvalue weighted by atomic mass is 32.2. The number of benzene rings is 1. The predicted octanol–water partition coefficient (Wildman–Crippen LogP) is 2.14. The van der Waals surface area contributed by atoms with Gasteiger partial charge in [0.1, 0.15) is 5.60 Å². The van der Waals surface area contributed by atoms with Crippen LogP contribution in [0.25, 0.3) is 0 Å². The van der Waals surface area contributed by atoms with E-state index >= 15 is 0 Å². The van der Waals surface area contributed by atoms with Crippen LogP contribution in [0.1, 0.15) is 26.3 Å². The number of hydrogen-bond donors (Lipinski definition) is 1. The minimum absolute atomic E-state index is 0.0471. The van der Waals surface area contributed by atoms with E-state index in [1.165, 1.54) is 12.1 Å². The molecule has 7 heteroatoms. The Morgan fingerprint density at radius 3 is 2.16 bits per heavy atom. The van der Waals surface area contributed by atoms with Crippen molar-refractivity contribution < 1.29 is 22.2 Å². The van der Waals surface area contributed by atoms with Crippen molar-refractivity contribution in [2.45, 2.75) is 38.2 Å². The molecule has 0 aliphatic heterocycles. The molecule has 106 valence electrons. The van der Waals surface area contributed by atoms with Gasteiger partial charge in [-0.05, 0) is 39.8 Å². The first-order valence-corrected chi connectivity index (χ1v) is 7.00. The minimum Gasteiger partial charge on any atom is -0.442 e. The lowest BCUT2D eigenvalue weighted by atomic mass is 10.2. The van der Waals surface area contributed by atoms with Crippen molar-refractivity contribution in [3.05, 3.63) is 29.8 Å². The zero-order chi connectivity index (χ0) is 14.7. The average molecular weight is 287 g/mol. The molecule has 6 nitrogen and oxygen atoms in total. The van der Waals surface area contributed by atoms with Crippen molar-refractivity contribution in [1.82, 2.24) is 5.48 Å². The van der Waals surface area contributed by atoms with E-state index in [9.17, 15) is 13.2 Å². The van der Waals surface area contributed by atoms with Gasteiger partial charge < -0.3 is 4.74 Å². The fraction of sp³-hybridized carbons (Fsp3) is 0.417. The first-order chi connectivity index (χ1) is 8.60. The van der Waals surface area contributed by atoms with Gasteiger partial charge in [-0.25, -0.2) is 4.79 Å². The Labute approximate surface area is 112 Å². The summed E-state index contributed by atoms with van der Waals surface area (Å²) < 4.78 is 32.7. The fourth-order valence-corrected chi connectivity index (χ4v) is 1.88. The van der Waals surface area contributed by atoms with Crippen molar-refractivity contribution in [3.8, 4) is 0 Å². The van der Waals surface area contributed by atoms with Crippen LogP contribution in [0, 0.1) is 6.92 Å². The summed E-state index contributed by atoms with van der Waals surface area (Å²) in [5.74, 6) is 0. The Bertz CT molecular complexity index is 542. The van der Waals surface area contributed by atoms with Crippen LogP contribution in [0.3, 0.4) is 0 Å². The molecule has 0 bridgehead atoms. The molecule has 0 saturated heterocycles. The summed E-state index contributed by atoms with van der Waals surface area (Å²) in [5.41, 5.74) is 1.92. The molecule has 0 heterocycles. The number of aryl methyl sites for hydroxylation is 1. The van der Waals surface area contributed by atoms with Gasteiger partial charge in [0.05, 0.1) is 4.90 Å². The topological polar surface area (TPSA) is 81.7 Å². The highest BCUT2D eigenvalue weighted by molar-refractivity contribution is 7.86. The number of hydroxylamine groups is 1. The zero-order valence-corrected chi connectivity index (χ0v) is 12.1. The number of carbonyl (C=O) groups excluding carboxylic acids is 1. The molecule has 0 atom stereocenters. The lowest BCUT2D eigenvalue weighted by molar-refractivity contribution is 0.0298. The molecule has 0 unspecified atom stereocenters. The fourth-order valence-electron chi connectivity index (χ4n) is 1.14. The second kappa shape index (κ2) is 5.58. The molecule has 0 aliphatic carbocycles. The molecular formula is C12H17NO5S.